The summed E-state index contributed by atoms with van der Waals surface area (Å²) in [5.74, 6) is -3.60. The zero-order valence-corrected chi connectivity index (χ0v) is 21.5. The fourth-order valence-electron chi connectivity index (χ4n) is 3.95. The minimum absolute atomic E-state index is 0.113. The van der Waals surface area contributed by atoms with Gasteiger partial charge in [-0.15, -0.1) is 0 Å². The van der Waals surface area contributed by atoms with Crippen LogP contribution >= 0.6 is 0 Å². The highest BCUT2D eigenvalue weighted by molar-refractivity contribution is 5.98. The molecule has 0 radical (unpaired) electrons. The van der Waals surface area contributed by atoms with Crippen molar-refractivity contribution in [1.82, 2.24) is 10.3 Å². The monoisotopic (exact) mass is 530 g/mol. The van der Waals surface area contributed by atoms with Crippen molar-refractivity contribution in [2.45, 2.75) is 38.5 Å². The number of hydrogen-bond donors (Lipinski definition) is 1. The molecule has 4 unspecified atom stereocenters. The van der Waals surface area contributed by atoms with Crippen LogP contribution in [0.15, 0.2) is 42.6 Å². The maximum atomic E-state index is 13.1. The molecule has 12 heteroatoms. The van der Waals surface area contributed by atoms with Gasteiger partial charge in [0.05, 0.1) is 13.0 Å². The first-order chi connectivity index (χ1) is 18.2. The summed E-state index contributed by atoms with van der Waals surface area (Å²) in [6.45, 7) is 1.82. The Labute approximate surface area is 219 Å². The maximum absolute atomic E-state index is 13.1. The summed E-state index contributed by atoms with van der Waals surface area (Å²) >= 11 is 0. The Morgan fingerprint density at radius 1 is 1.11 bits per heavy atom. The molecule has 0 bridgehead atoms. The Hall–Kier alpha value is -4.19. The lowest BCUT2D eigenvalue weighted by atomic mass is 9.91. The number of nitrogens with one attached hydrogen (secondary N) is 1. The molecule has 0 saturated carbocycles. The predicted molar refractivity (Wildman–Crippen MR) is 130 cm³/mol. The average Bonchev–Trinajstić information content (AvgIpc) is 2.93. The Bertz CT molecular complexity index is 1140. The number of ether oxygens (including phenoxy) is 6. The lowest BCUT2D eigenvalue weighted by Gasteiger charge is -2.28. The summed E-state index contributed by atoms with van der Waals surface area (Å²) in [5, 5.41) is 2.47. The molecule has 204 valence electrons. The molecular weight excluding hydrogens is 500 g/mol. The Morgan fingerprint density at radius 3 is 2.50 bits per heavy atom. The number of benzene rings is 1. The van der Waals surface area contributed by atoms with Crippen LogP contribution in [0.25, 0.3) is 0 Å². The van der Waals surface area contributed by atoms with E-state index in [-0.39, 0.29) is 17.2 Å². The summed E-state index contributed by atoms with van der Waals surface area (Å²) in [4.78, 5) is 54.3. The van der Waals surface area contributed by atoms with Crippen molar-refractivity contribution in [3.63, 3.8) is 0 Å². The highest BCUT2D eigenvalue weighted by atomic mass is 16.7. The molecule has 1 N–H and O–H groups in total. The van der Waals surface area contributed by atoms with Crippen LogP contribution in [-0.2, 0) is 39.8 Å². The second-order valence-corrected chi connectivity index (χ2v) is 8.38. The van der Waals surface area contributed by atoms with Gasteiger partial charge in [-0.2, -0.15) is 0 Å². The molecule has 0 spiro atoms. The number of rotatable bonds is 9. The third-order valence-electron chi connectivity index (χ3n) is 5.79. The Morgan fingerprint density at radius 2 is 1.84 bits per heavy atom. The first-order valence-corrected chi connectivity index (χ1v) is 11.8. The third-order valence-corrected chi connectivity index (χ3v) is 5.79. The van der Waals surface area contributed by atoms with Crippen molar-refractivity contribution >= 4 is 23.8 Å². The van der Waals surface area contributed by atoms with E-state index in [0.717, 1.165) is 5.56 Å². The van der Waals surface area contributed by atoms with Crippen LogP contribution < -0.4 is 14.8 Å². The number of carbonyl (C=O) groups is 4. The second-order valence-electron chi connectivity index (χ2n) is 8.38. The zero-order valence-electron chi connectivity index (χ0n) is 21.5. The van der Waals surface area contributed by atoms with Crippen LogP contribution in [0.3, 0.4) is 0 Å². The Kier molecular flexibility index (Phi) is 9.99. The molecule has 4 atom stereocenters. The van der Waals surface area contributed by atoms with Crippen LogP contribution in [0, 0.1) is 5.92 Å². The van der Waals surface area contributed by atoms with E-state index in [0.29, 0.717) is 6.42 Å². The smallest absolute Gasteiger partial charge is 0.332 e. The lowest BCUT2D eigenvalue weighted by Crippen LogP contribution is -2.46. The highest BCUT2D eigenvalue weighted by Gasteiger charge is 2.40. The molecule has 1 fully saturated rings. The normalized spacial score (nSPS) is 21.6. The third kappa shape index (κ3) is 7.19. The quantitative estimate of drug-likeness (QED) is 0.285. The second kappa shape index (κ2) is 13.4. The van der Waals surface area contributed by atoms with E-state index in [2.05, 4.69) is 10.3 Å². The first kappa shape index (κ1) is 28.4. The number of carbonyl (C=O) groups excluding carboxylic acids is 4. The first-order valence-electron chi connectivity index (χ1n) is 11.8. The van der Waals surface area contributed by atoms with Gasteiger partial charge in [0, 0.05) is 26.3 Å². The molecule has 12 nitrogen and oxygen atoms in total. The summed E-state index contributed by atoms with van der Waals surface area (Å²) in [7, 11) is 2.77. The van der Waals surface area contributed by atoms with E-state index in [4.69, 9.17) is 28.4 Å². The van der Waals surface area contributed by atoms with Gasteiger partial charge in [-0.05, 0) is 18.9 Å². The van der Waals surface area contributed by atoms with Gasteiger partial charge in [0.15, 0.2) is 23.2 Å². The number of aromatic nitrogens is 1. The fourth-order valence-corrected chi connectivity index (χ4v) is 3.95. The van der Waals surface area contributed by atoms with Crippen LogP contribution in [0.2, 0.25) is 0 Å². The average molecular weight is 531 g/mol. The van der Waals surface area contributed by atoms with E-state index in [9.17, 15) is 19.2 Å². The molecule has 3 rings (SSSR count). The van der Waals surface area contributed by atoms with Gasteiger partial charge < -0.3 is 33.7 Å². The van der Waals surface area contributed by atoms with Crippen LogP contribution in [0.4, 0.5) is 0 Å². The fraction of sp³-hybridized carbons (Fsp3) is 0.423. The van der Waals surface area contributed by atoms with Gasteiger partial charge in [0.1, 0.15) is 18.8 Å². The van der Waals surface area contributed by atoms with Crippen molar-refractivity contribution < 1.29 is 47.6 Å². The molecule has 1 amide bonds. The van der Waals surface area contributed by atoms with Crippen molar-refractivity contribution in [2.75, 3.05) is 27.6 Å². The largest absolute Gasteiger partial charge is 0.493 e. The van der Waals surface area contributed by atoms with Gasteiger partial charge >= 0.3 is 17.9 Å². The predicted octanol–water partition coefficient (Wildman–Crippen LogP) is 1.45. The molecule has 1 aromatic carbocycles. The van der Waals surface area contributed by atoms with Crippen molar-refractivity contribution in [3.05, 3.63) is 53.9 Å². The number of amides is 1. The highest BCUT2D eigenvalue weighted by Crippen LogP contribution is 2.30. The topological polar surface area (TPSA) is 149 Å². The number of hydrogen-bond acceptors (Lipinski definition) is 11. The molecule has 2 heterocycles. The molecule has 1 saturated heterocycles. The number of esters is 3. The summed E-state index contributed by atoms with van der Waals surface area (Å²) < 4.78 is 31.9. The van der Waals surface area contributed by atoms with Crippen LogP contribution in [0.1, 0.15) is 29.9 Å². The standard InChI is InChI=1S/C26H30N2O10/c1-15-22(34-4)18(12-17-8-6-5-7-9-17)25(31)35-13-19(26(32)38-15)28-24(30)21-23(37-14-36-16(2)29)20(33-3)10-11-27-21/h5-11,15,18-19,22H,12-14H2,1-4H3,(H,28,30). The summed E-state index contributed by atoms with van der Waals surface area (Å²) in [6, 6.07) is 9.39. The van der Waals surface area contributed by atoms with Gasteiger partial charge in [-0.1, -0.05) is 30.3 Å². The molecule has 1 aliphatic heterocycles. The SMILES string of the molecule is COc1ccnc(C(=O)NC2COC(=O)C(Cc3ccccc3)C(OC)C(C)OC2=O)c1OCOC(C)=O. The molecule has 38 heavy (non-hydrogen) atoms. The molecular formula is C26H30N2O10. The molecule has 2 aromatic rings. The van der Waals surface area contributed by atoms with Gasteiger partial charge in [0.2, 0.25) is 6.79 Å². The minimum Gasteiger partial charge on any atom is -0.493 e. The van der Waals surface area contributed by atoms with Crippen LogP contribution in [0.5, 0.6) is 11.5 Å². The molecule has 1 aromatic heterocycles. The van der Waals surface area contributed by atoms with E-state index >= 15 is 0 Å². The number of nitrogens with zero attached hydrogens (tertiary/aromatic N) is 1. The number of pyridine rings is 1. The van der Waals surface area contributed by atoms with E-state index < -0.39 is 61.4 Å². The molecule has 1 aliphatic rings. The van der Waals surface area contributed by atoms with E-state index in [1.54, 1.807) is 6.92 Å². The zero-order chi connectivity index (χ0) is 27.7. The Balaban J connectivity index is 1.80. The minimum atomic E-state index is -1.35. The molecule has 0 aliphatic carbocycles. The lowest BCUT2D eigenvalue weighted by molar-refractivity contribution is -0.161. The summed E-state index contributed by atoms with van der Waals surface area (Å²) in [5.41, 5.74) is 0.629. The van der Waals surface area contributed by atoms with Crippen LogP contribution in [-0.4, -0.2) is 74.7 Å². The number of cyclic esters (lactones) is 2. The van der Waals surface area contributed by atoms with Crippen molar-refractivity contribution in [1.29, 1.82) is 0 Å². The number of methoxy groups -OCH3 is 2. The van der Waals surface area contributed by atoms with Crippen molar-refractivity contribution in [3.8, 4) is 11.5 Å². The van der Waals surface area contributed by atoms with E-state index in [1.165, 1.54) is 33.4 Å². The van der Waals surface area contributed by atoms with Gasteiger partial charge in [-0.3, -0.25) is 14.4 Å². The van der Waals surface area contributed by atoms with Crippen molar-refractivity contribution in [2.24, 2.45) is 5.92 Å². The van der Waals surface area contributed by atoms with E-state index in [1.807, 2.05) is 30.3 Å². The van der Waals surface area contributed by atoms with Gasteiger partial charge in [-0.25, -0.2) is 9.78 Å². The summed E-state index contributed by atoms with van der Waals surface area (Å²) in [6.07, 6.45) is -0.0207. The van der Waals surface area contributed by atoms with Gasteiger partial charge in [0.25, 0.3) is 5.91 Å². The maximum Gasteiger partial charge on any atom is 0.332 e.